The zero-order chi connectivity index (χ0) is 16.1. The van der Waals surface area contributed by atoms with E-state index in [1.165, 1.54) is 6.07 Å². The van der Waals surface area contributed by atoms with Crippen LogP contribution in [0.3, 0.4) is 0 Å². The second-order valence-corrected chi connectivity index (χ2v) is 6.23. The highest BCUT2D eigenvalue weighted by Gasteiger charge is 2.33. The van der Waals surface area contributed by atoms with Crippen molar-refractivity contribution in [3.63, 3.8) is 0 Å². The first-order chi connectivity index (χ1) is 9.69. The van der Waals surface area contributed by atoms with Gasteiger partial charge in [0, 0.05) is 13.1 Å². The van der Waals surface area contributed by atoms with Crippen molar-refractivity contribution in [2.45, 2.75) is 39.9 Å². The first-order valence-corrected chi connectivity index (χ1v) is 7.27. The Hall–Kier alpha value is -1.07. The number of alkyl halides is 3. The molecule has 0 aliphatic carbocycles. The van der Waals surface area contributed by atoms with E-state index < -0.39 is 11.7 Å². The van der Waals surface area contributed by atoms with Gasteiger partial charge in [-0.1, -0.05) is 39.0 Å². The molecule has 0 fully saturated rings. The molecule has 0 heterocycles. The molecule has 5 heteroatoms. The topological polar surface area (TPSA) is 29.3 Å². The molecule has 0 saturated carbocycles. The standard InChI is InChI=1S/C16H25F3N2/c1-4-9-21(12-15(2,3)11-20)10-13-7-5-6-8-14(13)16(17,18)19/h5-8H,4,9-12,20H2,1-3H3. The lowest BCUT2D eigenvalue weighted by atomic mass is 9.92. The Balaban J connectivity index is 2.94. The van der Waals surface area contributed by atoms with E-state index in [4.69, 9.17) is 5.73 Å². The van der Waals surface area contributed by atoms with E-state index in [9.17, 15) is 13.2 Å². The van der Waals surface area contributed by atoms with Crippen LogP contribution in [0.5, 0.6) is 0 Å². The third-order valence-corrected chi connectivity index (χ3v) is 3.46. The first-order valence-electron chi connectivity index (χ1n) is 7.27. The number of nitrogens with two attached hydrogens (primary N) is 1. The molecule has 0 bridgehead atoms. The molecule has 0 amide bonds. The summed E-state index contributed by atoms with van der Waals surface area (Å²) in [6.07, 6.45) is -3.41. The summed E-state index contributed by atoms with van der Waals surface area (Å²) in [4.78, 5) is 2.05. The smallest absolute Gasteiger partial charge is 0.330 e. The number of hydrogen-bond donors (Lipinski definition) is 1. The highest BCUT2D eigenvalue weighted by atomic mass is 19.4. The molecule has 1 aromatic carbocycles. The van der Waals surface area contributed by atoms with E-state index in [1.807, 2.05) is 20.8 Å². The maximum atomic E-state index is 13.1. The molecule has 1 rings (SSSR count). The van der Waals surface area contributed by atoms with E-state index in [1.54, 1.807) is 12.1 Å². The van der Waals surface area contributed by atoms with Crippen molar-refractivity contribution in [3.8, 4) is 0 Å². The maximum absolute atomic E-state index is 13.1. The van der Waals surface area contributed by atoms with Crippen molar-refractivity contribution in [3.05, 3.63) is 35.4 Å². The molecule has 0 spiro atoms. The summed E-state index contributed by atoms with van der Waals surface area (Å²) in [5.41, 5.74) is 5.41. The Morgan fingerprint density at radius 3 is 2.29 bits per heavy atom. The Kier molecular flexibility index (Phi) is 6.23. The Morgan fingerprint density at radius 2 is 1.76 bits per heavy atom. The van der Waals surface area contributed by atoms with Crippen LogP contribution in [0.1, 0.15) is 38.3 Å². The second-order valence-electron chi connectivity index (χ2n) is 6.23. The molecule has 2 N–H and O–H groups in total. The molecule has 0 aromatic heterocycles. The number of hydrogen-bond acceptors (Lipinski definition) is 2. The van der Waals surface area contributed by atoms with Gasteiger partial charge in [-0.2, -0.15) is 13.2 Å². The van der Waals surface area contributed by atoms with Crippen molar-refractivity contribution < 1.29 is 13.2 Å². The molecule has 0 saturated heterocycles. The van der Waals surface area contributed by atoms with Crippen LogP contribution < -0.4 is 5.73 Å². The van der Waals surface area contributed by atoms with Gasteiger partial charge in [0.15, 0.2) is 0 Å². The van der Waals surface area contributed by atoms with E-state index in [2.05, 4.69) is 4.90 Å². The average Bonchev–Trinajstić information content (AvgIpc) is 2.38. The van der Waals surface area contributed by atoms with Gasteiger partial charge in [0.2, 0.25) is 0 Å². The van der Waals surface area contributed by atoms with Crippen LogP contribution in [0.25, 0.3) is 0 Å². The van der Waals surface area contributed by atoms with Crippen molar-refractivity contribution in [2.75, 3.05) is 19.6 Å². The van der Waals surface area contributed by atoms with E-state index in [0.717, 1.165) is 19.0 Å². The van der Waals surface area contributed by atoms with Crippen LogP contribution in [0, 0.1) is 5.41 Å². The second kappa shape index (κ2) is 7.27. The molecule has 0 aliphatic heterocycles. The third kappa shape index (κ3) is 5.67. The molecule has 120 valence electrons. The third-order valence-electron chi connectivity index (χ3n) is 3.46. The molecule has 2 nitrogen and oxygen atoms in total. The lowest BCUT2D eigenvalue weighted by molar-refractivity contribution is -0.138. The van der Waals surface area contributed by atoms with Gasteiger partial charge in [-0.15, -0.1) is 0 Å². The number of nitrogens with zero attached hydrogens (tertiary/aromatic N) is 1. The Morgan fingerprint density at radius 1 is 1.14 bits per heavy atom. The van der Waals surface area contributed by atoms with Crippen LogP contribution in [-0.4, -0.2) is 24.5 Å². The fourth-order valence-corrected chi connectivity index (χ4v) is 2.38. The van der Waals surface area contributed by atoms with Crippen LogP contribution in [0.4, 0.5) is 13.2 Å². The largest absolute Gasteiger partial charge is 0.416 e. The van der Waals surface area contributed by atoms with E-state index in [0.29, 0.717) is 25.2 Å². The van der Waals surface area contributed by atoms with E-state index >= 15 is 0 Å². The van der Waals surface area contributed by atoms with Crippen molar-refractivity contribution in [1.29, 1.82) is 0 Å². The predicted molar refractivity (Wildman–Crippen MR) is 79.8 cm³/mol. The highest BCUT2D eigenvalue weighted by molar-refractivity contribution is 5.29. The van der Waals surface area contributed by atoms with Crippen molar-refractivity contribution in [2.24, 2.45) is 11.1 Å². The van der Waals surface area contributed by atoms with Crippen LogP contribution in [0.2, 0.25) is 0 Å². The van der Waals surface area contributed by atoms with Crippen LogP contribution in [0.15, 0.2) is 24.3 Å². The Labute approximate surface area is 125 Å². The van der Waals surface area contributed by atoms with Gasteiger partial charge in [0.1, 0.15) is 0 Å². The average molecular weight is 302 g/mol. The summed E-state index contributed by atoms with van der Waals surface area (Å²) >= 11 is 0. The summed E-state index contributed by atoms with van der Waals surface area (Å²) in [5.74, 6) is 0. The fourth-order valence-electron chi connectivity index (χ4n) is 2.38. The minimum Gasteiger partial charge on any atom is -0.330 e. The summed E-state index contributed by atoms with van der Waals surface area (Å²) in [6.45, 7) is 8.34. The van der Waals surface area contributed by atoms with Gasteiger partial charge < -0.3 is 5.73 Å². The van der Waals surface area contributed by atoms with Gasteiger partial charge in [-0.3, -0.25) is 4.90 Å². The summed E-state index contributed by atoms with van der Waals surface area (Å²) < 4.78 is 39.2. The normalized spacial score (nSPS) is 13.0. The quantitative estimate of drug-likeness (QED) is 0.827. The number of rotatable bonds is 7. The highest BCUT2D eigenvalue weighted by Crippen LogP contribution is 2.32. The minimum atomic E-state index is -4.31. The fraction of sp³-hybridized carbons (Fsp3) is 0.625. The lowest BCUT2D eigenvalue weighted by Gasteiger charge is -2.32. The van der Waals surface area contributed by atoms with Gasteiger partial charge in [0.25, 0.3) is 0 Å². The van der Waals surface area contributed by atoms with Crippen LogP contribution >= 0.6 is 0 Å². The summed E-state index contributed by atoms with van der Waals surface area (Å²) in [7, 11) is 0. The van der Waals surface area contributed by atoms with Gasteiger partial charge >= 0.3 is 6.18 Å². The van der Waals surface area contributed by atoms with Crippen LogP contribution in [-0.2, 0) is 12.7 Å². The molecule has 0 atom stereocenters. The first kappa shape index (κ1) is 18.0. The molecule has 0 aliphatic rings. The van der Waals surface area contributed by atoms with E-state index in [-0.39, 0.29) is 5.41 Å². The summed E-state index contributed by atoms with van der Waals surface area (Å²) in [6, 6.07) is 5.79. The molecular formula is C16H25F3N2. The van der Waals surface area contributed by atoms with Gasteiger partial charge in [-0.25, -0.2) is 0 Å². The van der Waals surface area contributed by atoms with Crippen molar-refractivity contribution >= 4 is 0 Å². The molecular weight excluding hydrogens is 277 g/mol. The zero-order valence-corrected chi connectivity index (χ0v) is 13.0. The SMILES string of the molecule is CCCN(Cc1ccccc1C(F)(F)F)CC(C)(C)CN. The van der Waals surface area contributed by atoms with Crippen molar-refractivity contribution in [1.82, 2.24) is 4.90 Å². The van der Waals surface area contributed by atoms with Gasteiger partial charge in [-0.05, 0) is 36.6 Å². The number of halogens is 3. The van der Waals surface area contributed by atoms with Gasteiger partial charge in [0.05, 0.1) is 5.56 Å². The molecule has 21 heavy (non-hydrogen) atoms. The predicted octanol–water partition coefficient (Wildman–Crippen LogP) is 3.90. The summed E-state index contributed by atoms with van der Waals surface area (Å²) in [5, 5.41) is 0. The molecule has 0 unspecified atom stereocenters. The Bertz CT molecular complexity index is 441. The zero-order valence-electron chi connectivity index (χ0n) is 13.0. The number of benzene rings is 1. The minimum absolute atomic E-state index is 0.109. The molecule has 1 aromatic rings. The molecule has 0 radical (unpaired) electrons. The monoisotopic (exact) mass is 302 g/mol. The maximum Gasteiger partial charge on any atom is 0.416 e. The lowest BCUT2D eigenvalue weighted by Crippen LogP contribution is -2.39.